The molecule has 2 N–H and O–H groups in total. The van der Waals surface area contributed by atoms with E-state index in [0.29, 0.717) is 30.0 Å². The van der Waals surface area contributed by atoms with Crippen LogP contribution in [-0.4, -0.2) is 55.5 Å². The third-order valence-corrected chi connectivity index (χ3v) is 5.20. The number of para-hydroxylation sites is 1. The van der Waals surface area contributed by atoms with Crippen LogP contribution in [0.2, 0.25) is 0 Å². The number of methoxy groups -OCH3 is 2. The van der Waals surface area contributed by atoms with Gasteiger partial charge in [-0.3, -0.25) is 0 Å². The van der Waals surface area contributed by atoms with Crippen LogP contribution in [-0.2, 0) is 22.6 Å². The molecule has 0 aromatic heterocycles. The van der Waals surface area contributed by atoms with E-state index in [2.05, 4.69) is 5.32 Å². The van der Waals surface area contributed by atoms with Crippen molar-refractivity contribution in [1.82, 2.24) is 10.2 Å². The fourth-order valence-corrected chi connectivity index (χ4v) is 3.53. The summed E-state index contributed by atoms with van der Waals surface area (Å²) < 4.78 is 15.7. The van der Waals surface area contributed by atoms with Crippen molar-refractivity contribution in [3.05, 3.63) is 59.2 Å². The number of aromatic hydroxyl groups is 1. The third kappa shape index (κ3) is 5.88. The first kappa shape index (κ1) is 22.4. The second-order valence-corrected chi connectivity index (χ2v) is 7.33. The van der Waals surface area contributed by atoms with Crippen LogP contribution in [0.25, 0.3) is 0 Å². The van der Waals surface area contributed by atoms with E-state index < -0.39 is 5.97 Å². The highest BCUT2D eigenvalue weighted by Gasteiger charge is 2.23. The van der Waals surface area contributed by atoms with Gasteiger partial charge in [-0.1, -0.05) is 24.3 Å². The fourth-order valence-electron chi connectivity index (χ4n) is 3.53. The molecule has 0 radical (unpaired) electrons. The van der Waals surface area contributed by atoms with Crippen LogP contribution in [0.5, 0.6) is 11.5 Å². The number of nitrogens with zero attached hydrogens (tertiary/aromatic N) is 1. The molecule has 2 amide bonds. The lowest BCUT2D eigenvalue weighted by molar-refractivity contribution is 0.0597. The molecular formula is C23H28N2O6. The Morgan fingerprint density at radius 3 is 2.71 bits per heavy atom. The summed E-state index contributed by atoms with van der Waals surface area (Å²) in [5.74, 6) is 0.0385. The Balaban J connectivity index is 1.71. The average Bonchev–Trinajstić information content (AvgIpc) is 3.30. The maximum Gasteiger partial charge on any atom is 0.341 e. The average molecular weight is 428 g/mol. The predicted molar refractivity (Wildman–Crippen MR) is 114 cm³/mol. The Hall–Kier alpha value is -3.26. The number of amides is 2. The number of phenolic OH excluding ortho intramolecular Hbond substituents is 1. The molecule has 1 saturated heterocycles. The van der Waals surface area contributed by atoms with Crippen LogP contribution in [0.4, 0.5) is 4.79 Å². The standard InChI is InChI=1S/C23H28N2O6/c1-29-21-10-9-16(12-19(21)22(27)30-2)13-24-23(28)25(15-18-7-5-11-31-18)14-17-6-3-4-8-20(17)26/h3-4,6,8-10,12,18,26H,5,7,11,13-15H2,1-2H3,(H,24,28). The number of hydrogen-bond donors (Lipinski definition) is 2. The summed E-state index contributed by atoms with van der Waals surface area (Å²) in [6, 6.07) is 11.8. The summed E-state index contributed by atoms with van der Waals surface area (Å²) in [5.41, 5.74) is 1.68. The van der Waals surface area contributed by atoms with Gasteiger partial charge in [0.1, 0.15) is 17.1 Å². The number of esters is 1. The number of rotatable bonds is 8. The molecule has 1 aliphatic heterocycles. The summed E-state index contributed by atoms with van der Waals surface area (Å²) in [6.07, 6.45) is 1.84. The van der Waals surface area contributed by atoms with Crippen molar-refractivity contribution < 1.29 is 28.9 Å². The van der Waals surface area contributed by atoms with Crippen LogP contribution in [0.3, 0.4) is 0 Å². The molecule has 0 saturated carbocycles. The molecular weight excluding hydrogens is 400 g/mol. The van der Waals surface area contributed by atoms with E-state index in [1.165, 1.54) is 14.2 Å². The first-order valence-corrected chi connectivity index (χ1v) is 10.2. The van der Waals surface area contributed by atoms with Gasteiger partial charge in [-0.15, -0.1) is 0 Å². The first-order valence-electron chi connectivity index (χ1n) is 10.2. The van der Waals surface area contributed by atoms with Crippen LogP contribution in [0.1, 0.15) is 34.3 Å². The fraction of sp³-hybridized carbons (Fsp3) is 0.391. The van der Waals surface area contributed by atoms with Gasteiger partial charge in [0.05, 0.1) is 26.9 Å². The monoisotopic (exact) mass is 428 g/mol. The van der Waals surface area contributed by atoms with Gasteiger partial charge in [0, 0.05) is 25.3 Å². The molecule has 1 unspecified atom stereocenters. The summed E-state index contributed by atoms with van der Waals surface area (Å²) in [6.45, 7) is 1.60. The summed E-state index contributed by atoms with van der Waals surface area (Å²) in [5, 5.41) is 13.0. The molecule has 2 aromatic carbocycles. The highest BCUT2D eigenvalue weighted by atomic mass is 16.5. The van der Waals surface area contributed by atoms with E-state index in [4.69, 9.17) is 14.2 Å². The third-order valence-electron chi connectivity index (χ3n) is 5.20. The number of benzene rings is 2. The highest BCUT2D eigenvalue weighted by Crippen LogP contribution is 2.22. The number of hydrogen-bond acceptors (Lipinski definition) is 6. The molecule has 1 atom stereocenters. The van der Waals surface area contributed by atoms with Crippen molar-refractivity contribution in [3.8, 4) is 11.5 Å². The number of ether oxygens (including phenoxy) is 3. The molecule has 2 aromatic rings. The van der Waals surface area contributed by atoms with Gasteiger partial charge < -0.3 is 29.5 Å². The van der Waals surface area contributed by atoms with Crippen molar-refractivity contribution in [2.24, 2.45) is 0 Å². The Labute approximate surface area is 181 Å². The zero-order valence-electron chi connectivity index (χ0n) is 17.8. The minimum atomic E-state index is -0.510. The number of carbonyl (C=O) groups is 2. The molecule has 8 heteroatoms. The predicted octanol–water partition coefficient (Wildman–Crippen LogP) is 3.08. The van der Waals surface area contributed by atoms with Gasteiger partial charge in [-0.2, -0.15) is 0 Å². The van der Waals surface area contributed by atoms with Crippen molar-refractivity contribution in [3.63, 3.8) is 0 Å². The topological polar surface area (TPSA) is 97.3 Å². The number of phenols is 1. The molecule has 166 valence electrons. The molecule has 1 aliphatic rings. The maximum atomic E-state index is 13.0. The number of urea groups is 1. The molecule has 0 spiro atoms. The minimum absolute atomic E-state index is 0.0245. The summed E-state index contributed by atoms with van der Waals surface area (Å²) in [7, 11) is 2.78. The van der Waals surface area contributed by atoms with Crippen molar-refractivity contribution in [1.29, 1.82) is 0 Å². The number of nitrogens with one attached hydrogen (secondary N) is 1. The molecule has 8 nitrogen and oxygen atoms in total. The second-order valence-electron chi connectivity index (χ2n) is 7.33. The SMILES string of the molecule is COC(=O)c1cc(CNC(=O)N(Cc2ccccc2O)CC2CCCO2)ccc1OC. The van der Waals surface area contributed by atoms with Crippen LogP contribution < -0.4 is 10.1 Å². The zero-order valence-corrected chi connectivity index (χ0v) is 17.8. The minimum Gasteiger partial charge on any atom is -0.508 e. The molecule has 0 aliphatic carbocycles. The van der Waals surface area contributed by atoms with Gasteiger partial charge in [-0.25, -0.2) is 9.59 Å². The normalized spacial score (nSPS) is 15.4. The Morgan fingerprint density at radius 2 is 2.03 bits per heavy atom. The first-order chi connectivity index (χ1) is 15.0. The van der Waals surface area contributed by atoms with Gasteiger partial charge in [0.15, 0.2) is 0 Å². The molecule has 31 heavy (non-hydrogen) atoms. The maximum absolute atomic E-state index is 13.0. The zero-order chi connectivity index (χ0) is 22.2. The van der Waals surface area contributed by atoms with Crippen LogP contribution in [0, 0.1) is 0 Å². The van der Waals surface area contributed by atoms with E-state index in [0.717, 1.165) is 18.4 Å². The smallest absolute Gasteiger partial charge is 0.341 e. The Morgan fingerprint density at radius 1 is 1.23 bits per heavy atom. The largest absolute Gasteiger partial charge is 0.508 e. The molecule has 1 fully saturated rings. The van der Waals surface area contributed by atoms with Gasteiger partial charge >= 0.3 is 12.0 Å². The highest BCUT2D eigenvalue weighted by molar-refractivity contribution is 5.92. The quantitative estimate of drug-likeness (QED) is 0.627. The van der Waals surface area contributed by atoms with Gasteiger partial charge in [-0.05, 0) is 36.6 Å². The lowest BCUT2D eigenvalue weighted by Crippen LogP contribution is -2.43. The number of carbonyl (C=O) groups excluding carboxylic acids is 2. The summed E-state index contributed by atoms with van der Waals surface area (Å²) in [4.78, 5) is 26.6. The van der Waals surface area contributed by atoms with E-state index in [9.17, 15) is 14.7 Å². The van der Waals surface area contributed by atoms with Crippen LogP contribution in [0.15, 0.2) is 42.5 Å². The van der Waals surface area contributed by atoms with Crippen molar-refractivity contribution in [2.45, 2.75) is 32.0 Å². The van der Waals surface area contributed by atoms with E-state index in [1.807, 2.05) is 6.07 Å². The van der Waals surface area contributed by atoms with Gasteiger partial charge in [0.2, 0.25) is 0 Å². The van der Waals surface area contributed by atoms with Crippen LogP contribution >= 0.6 is 0 Å². The Bertz CT molecular complexity index is 911. The second kappa shape index (κ2) is 10.7. The van der Waals surface area contributed by atoms with E-state index in [1.54, 1.807) is 41.3 Å². The van der Waals surface area contributed by atoms with Crippen molar-refractivity contribution in [2.75, 3.05) is 27.4 Å². The molecule has 1 heterocycles. The summed E-state index contributed by atoms with van der Waals surface area (Å²) >= 11 is 0. The van der Waals surface area contributed by atoms with E-state index in [-0.39, 0.29) is 31.0 Å². The van der Waals surface area contributed by atoms with E-state index >= 15 is 0 Å². The Kier molecular flexibility index (Phi) is 7.72. The van der Waals surface area contributed by atoms with Crippen molar-refractivity contribution >= 4 is 12.0 Å². The molecule has 3 rings (SSSR count). The lowest BCUT2D eigenvalue weighted by atomic mass is 10.1. The molecule has 0 bridgehead atoms. The van der Waals surface area contributed by atoms with Gasteiger partial charge in [0.25, 0.3) is 0 Å². The lowest BCUT2D eigenvalue weighted by Gasteiger charge is -2.26.